The maximum Gasteiger partial charge on any atom is 0.0857 e. The predicted molar refractivity (Wildman–Crippen MR) is 45.6 cm³/mol. The van der Waals surface area contributed by atoms with Crippen LogP contribution < -0.4 is 0 Å². The average molecular weight is 174 g/mol. The molecule has 1 aliphatic rings. The highest BCUT2D eigenvalue weighted by molar-refractivity contribution is 4.95. The first-order chi connectivity index (χ1) is 5.34. The Morgan fingerprint density at radius 1 is 1.17 bits per heavy atom. The van der Waals surface area contributed by atoms with Crippen molar-refractivity contribution in [2.45, 2.75) is 45.0 Å². The normalized spacial score (nSPS) is 43.5. The number of hydrogen-bond donors (Lipinski definition) is 3. The maximum absolute atomic E-state index is 9.65. The molecule has 0 aliphatic heterocycles. The molecule has 0 bridgehead atoms. The number of rotatable bonds is 1. The van der Waals surface area contributed by atoms with Gasteiger partial charge < -0.3 is 15.3 Å². The minimum Gasteiger partial charge on any atom is -0.390 e. The Labute approximate surface area is 73.0 Å². The standard InChI is InChI=1S/C9H18O3/c1-5-4-6(9(2,3)12)8(11)7(5)10/h5-8,10-12H,4H2,1-3H3/t5-,6+,7+,8-/m1/s1. The highest BCUT2D eigenvalue weighted by Gasteiger charge is 2.45. The Morgan fingerprint density at radius 2 is 1.67 bits per heavy atom. The summed E-state index contributed by atoms with van der Waals surface area (Å²) in [5, 5.41) is 28.6. The van der Waals surface area contributed by atoms with Gasteiger partial charge in [-0.15, -0.1) is 0 Å². The fourth-order valence-electron chi connectivity index (χ4n) is 1.96. The summed E-state index contributed by atoms with van der Waals surface area (Å²) >= 11 is 0. The topological polar surface area (TPSA) is 60.7 Å². The molecule has 1 rings (SSSR count). The molecular weight excluding hydrogens is 156 g/mol. The van der Waals surface area contributed by atoms with Gasteiger partial charge in [-0.25, -0.2) is 0 Å². The van der Waals surface area contributed by atoms with Crippen LogP contribution in [0.25, 0.3) is 0 Å². The summed E-state index contributed by atoms with van der Waals surface area (Å²) in [6.45, 7) is 5.23. The van der Waals surface area contributed by atoms with E-state index in [1.807, 2.05) is 6.92 Å². The first-order valence-corrected chi connectivity index (χ1v) is 4.42. The zero-order valence-electron chi connectivity index (χ0n) is 7.86. The Bertz CT molecular complexity index is 162. The molecule has 0 aromatic rings. The van der Waals surface area contributed by atoms with Crippen molar-refractivity contribution < 1.29 is 15.3 Å². The fourth-order valence-corrected chi connectivity index (χ4v) is 1.96. The molecule has 0 unspecified atom stereocenters. The van der Waals surface area contributed by atoms with Crippen LogP contribution in [0.5, 0.6) is 0 Å². The van der Waals surface area contributed by atoms with Gasteiger partial charge in [-0.1, -0.05) is 6.92 Å². The largest absolute Gasteiger partial charge is 0.390 e. The summed E-state index contributed by atoms with van der Waals surface area (Å²) in [4.78, 5) is 0. The smallest absolute Gasteiger partial charge is 0.0857 e. The van der Waals surface area contributed by atoms with E-state index in [9.17, 15) is 15.3 Å². The van der Waals surface area contributed by atoms with E-state index >= 15 is 0 Å². The van der Waals surface area contributed by atoms with Crippen molar-refractivity contribution in [2.75, 3.05) is 0 Å². The van der Waals surface area contributed by atoms with E-state index in [4.69, 9.17) is 0 Å². The monoisotopic (exact) mass is 174 g/mol. The van der Waals surface area contributed by atoms with Crippen molar-refractivity contribution in [3.05, 3.63) is 0 Å². The molecule has 3 nitrogen and oxygen atoms in total. The summed E-state index contributed by atoms with van der Waals surface area (Å²) in [5.41, 5.74) is -0.898. The van der Waals surface area contributed by atoms with Gasteiger partial charge in [0.15, 0.2) is 0 Å². The van der Waals surface area contributed by atoms with Crippen LogP contribution >= 0.6 is 0 Å². The van der Waals surface area contributed by atoms with E-state index in [2.05, 4.69) is 0 Å². The van der Waals surface area contributed by atoms with Gasteiger partial charge in [0.1, 0.15) is 0 Å². The number of aliphatic hydroxyl groups is 3. The van der Waals surface area contributed by atoms with Crippen molar-refractivity contribution in [1.82, 2.24) is 0 Å². The van der Waals surface area contributed by atoms with E-state index < -0.39 is 17.8 Å². The molecule has 0 spiro atoms. The summed E-state index contributed by atoms with van der Waals surface area (Å²) in [7, 11) is 0. The zero-order valence-corrected chi connectivity index (χ0v) is 7.86. The molecule has 3 N–H and O–H groups in total. The van der Waals surface area contributed by atoms with Crippen LogP contribution in [0.3, 0.4) is 0 Å². The second-order valence-corrected chi connectivity index (χ2v) is 4.45. The quantitative estimate of drug-likeness (QED) is 0.529. The molecule has 72 valence electrons. The lowest BCUT2D eigenvalue weighted by Crippen LogP contribution is -2.39. The zero-order chi connectivity index (χ0) is 9.52. The van der Waals surface area contributed by atoms with Crippen molar-refractivity contribution in [3.63, 3.8) is 0 Å². The van der Waals surface area contributed by atoms with Crippen LogP contribution in [-0.2, 0) is 0 Å². The summed E-state index contributed by atoms with van der Waals surface area (Å²) in [5.74, 6) is -0.126. The molecule has 12 heavy (non-hydrogen) atoms. The maximum atomic E-state index is 9.65. The third-order valence-electron chi connectivity index (χ3n) is 2.88. The molecule has 0 saturated heterocycles. The van der Waals surface area contributed by atoms with Crippen LogP contribution in [0.4, 0.5) is 0 Å². The second kappa shape index (κ2) is 2.98. The Balaban J connectivity index is 2.71. The molecule has 1 aliphatic carbocycles. The Hall–Kier alpha value is -0.120. The van der Waals surface area contributed by atoms with Crippen LogP contribution in [0.15, 0.2) is 0 Å². The molecule has 0 aromatic carbocycles. The molecular formula is C9H18O3. The molecule has 1 saturated carbocycles. The van der Waals surface area contributed by atoms with Crippen molar-refractivity contribution in [1.29, 1.82) is 0 Å². The molecule has 0 radical (unpaired) electrons. The van der Waals surface area contributed by atoms with Gasteiger partial charge in [-0.3, -0.25) is 0 Å². The number of hydrogen-bond acceptors (Lipinski definition) is 3. The van der Waals surface area contributed by atoms with Crippen LogP contribution in [0.2, 0.25) is 0 Å². The van der Waals surface area contributed by atoms with E-state index in [1.165, 1.54) is 0 Å². The first kappa shape index (κ1) is 9.96. The van der Waals surface area contributed by atoms with Crippen molar-refractivity contribution in [2.24, 2.45) is 11.8 Å². The van der Waals surface area contributed by atoms with Gasteiger partial charge in [0.05, 0.1) is 17.8 Å². The molecule has 3 heteroatoms. The van der Waals surface area contributed by atoms with E-state index in [-0.39, 0.29) is 11.8 Å². The first-order valence-electron chi connectivity index (χ1n) is 4.42. The van der Waals surface area contributed by atoms with Gasteiger partial charge >= 0.3 is 0 Å². The molecule has 1 fully saturated rings. The average Bonchev–Trinajstić information content (AvgIpc) is 2.15. The van der Waals surface area contributed by atoms with Crippen molar-refractivity contribution in [3.8, 4) is 0 Å². The SMILES string of the molecule is C[C@@H]1C[C@H](C(C)(C)O)[C@@H](O)[C@H]1O. The van der Waals surface area contributed by atoms with Crippen molar-refractivity contribution >= 4 is 0 Å². The highest BCUT2D eigenvalue weighted by atomic mass is 16.3. The van der Waals surface area contributed by atoms with Crippen LogP contribution in [0, 0.1) is 11.8 Å². The van der Waals surface area contributed by atoms with E-state index in [0.29, 0.717) is 6.42 Å². The van der Waals surface area contributed by atoms with Gasteiger partial charge in [-0.2, -0.15) is 0 Å². The van der Waals surface area contributed by atoms with E-state index in [0.717, 1.165) is 0 Å². The predicted octanol–water partition coefficient (Wildman–Crippen LogP) is 0.135. The van der Waals surface area contributed by atoms with Crippen LogP contribution in [-0.4, -0.2) is 33.1 Å². The van der Waals surface area contributed by atoms with Gasteiger partial charge in [0.2, 0.25) is 0 Å². The van der Waals surface area contributed by atoms with E-state index in [1.54, 1.807) is 13.8 Å². The van der Waals surface area contributed by atoms with Gasteiger partial charge in [-0.05, 0) is 26.2 Å². The number of aliphatic hydroxyl groups excluding tert-OH is 2. The lowest BCUT2D eigenvalue weighted by Gasteiger charge is -2.28. The molecule has 0 amide bonds. The Kier molecular flexibility index (Phi) is 2.47. The summed E-state index contributed by atoms with van der Waals surface area (Å²) in [6.07, 6.45) is -0.771. The molecule has 0 aromatic heterocycles. The minimum atomic E-state index is -0.898. The summed E-state index contributed by atoms with van der Waals surface area (Å²) in [6, 6.07) is 0. The highest BCUT2D eigenvalue weighted by Crippen LogP contribution is 2.37. The van der Waals surface area contributed by atoms with Crippen LogP contribution in [0.1, 0.15) is 27.2 Å². The Morgan fingerprint density at radius 3 is 1.83 bits per heavy atom. The lowest BCUT2D eigenvalue weighted by atomic mass is 9.87. The minimum absolute atomic E-state index is 0.0800. The molecule has 0 heterocycles. The fraction of sp³-hybridized carbons (Fsp3) is 1.00. The second-order valence-electron chi connectivity index (χ2n) is 4.45. The lowest BCUT2D eigenvalue weighted by molar-refractivity contribution is -0.0615. The summed E-state index contributed by atoms with van der Waals surface area (Å²) < 4.78 is 0. The molecule has 4 atom stereocenters. The van der Waals surface area contributed by atoms with Gasteiger partial charge in [0.25, 0.3) is 0 Å². The van der Waals surface area contributed by atoms with Gasteiger partial charge in [0, 0.05) is 5.92 Å². The third-order valence-corrected chi connectivity index (χ3v) is 2.88. The third kappa shape index (κ3) is 1.63.